The van der Waals surface area contributed by atoms with Crippen molar-refractivity contribution in [2.24, 2.45) is 0 Å². The number of rotatable bonds is 3. The summed E-state index contributed by atoms with van der Waals surface area (Å²) in [5, 5.41) is 3.21. The highest BCUT2D eigenvalue weighted by molar-refractivity contribution is 5.26. The molecule has 1 aromatic rings. The predicted octanol–water partition coefficient (Wildman–Crippen LogP) is 4.27. The zero-order valence-corrected chi connectivity index (χ0v) is 10.6. The van der Waals surface area contributed by atoms with E-state index in [0.29, 0.717) is 17.7 Å². The minimum absolute atomic E-state index is 0.283. The van der Waals surface area contributed by atoms with E-state index in [1.807, 2.05) is 0 Å². The van der Waals surface area contributed by atoms with Gasteiger partial charge in [-0.3, -0.25) is 0 Å². The monoisotopic (exact) mass is 275 g/mol. The lowest BCUT2D eigenvalue weighted by Gasteiger charge is -2.23. The van der Waals surface area contributed by atoms with Crippen LogP contribution in [0.3, 0.4) is 0 Å². The molecule has 2 rings (SSSR count). The van der Waals surface area contributed by atoms with Crippen molar-refractivity contribution in [1.29, 1.82) is 0 Å². The topological polar surface area (TPSA) is 12.0 Å². The standard InChI is InChI=1S/C14H17F4N/c15-12-7-10(6-11(8-12)14(16,17)18)9-19-13-4-2-1-3-5-13/h6-8,13,19H,1-5,9H2. The van der Waals surface area contributed by atoms with E-state index < -0.39 is 17.6 Å². The third-order valence-corrected chi connectivity index (χ3v) is 3.48. The van der Waals surface area contributed by atoms with Gasteiger partial charge in [-0.1, -0.05) is 19.3 Å². The van der Waals surface area contributed by atoms with Crippen LogP contribution in [0.4, 0.5) is 17.6 Å². The number of benzene rings is 1. The highest BCUT2D eigenvalue weighted by atomic mass is 19.4. The highest BCUT2D eigenvalue weighted by Crippen LogP contribution is 2.30. The van der Waals surface area contributed by atoms with Crippen LogP contribution >= 0.6 is 0 Å². The molecule has 5 heteroatoms. The molecule has 0 aliphatic heterocycles. The van der Waals surface area contributed by atoms with Crippen molar-refractivity contribution < 1.29 is 17.6 Å². The van der Waals surface area contributed by atoms with E-state index in [9.17, 15) is 17.6 Å². The molecule has 0 saturated heterocycles. The molecule has 1 fully saturated rings. The molecule has 106 valence electrons. The Morgan fingerprint density at radius 1 is 1.05 bits per heavy atom. The fourth-order valence-electron chi connectivity index (χ4n) is 2.49. The maximum Gasteiger partial charge on any atom is 0.416 e. The Balaban J connectivity index is 2.01. The van der Waals surface area contributed by atoms with E-state index in [1.54, 1.807) is 0 Å². The molecule has 1 nitrogen and oxygen atoms in total. The van der Waals surface area contributed by atoms with Gasteiger partial charge in [0, 0.05) is 12.6 Å². The average molecular weight is 275 g/mol. The first kappa shape index (κ1) is 14.3. The van der Waals surface area contributed by atoms with Crippen molar-refractivity contribution in [3.63, 3.8) is 0 Å². The number of hydrogen-bond donors (Lipinski definition) is 1. The molecule has 19 heavy (non-hydrogen) atoms. The van der Waals surface area contributed by atoms with Gasteiger partial charge >= 0.3 is 6.18 Å². The Bertz CT molecular complexity index is 422. The van der Waals surface area contributed by atoms with Crippen molar-refractivity contribution in [1.82, 2.24) is 5.32 Å². The summed E-state index contributed by atoms with van der Waals surface area (Å²) < 4.78 is 50.9. The molecule has 1 saturated carbocycles. The van der Waals surface area contributed by atoms with Gasteiger partial charge in [-0.15, -0.1) is 0 Å². The first-order valence-electron chi connectivity index (χ1n) is 6.55. The molecular formula is C14H17F4N. The largest absolute Gasteiger partial charge is 0.416 e. The molecular weight excluding hydrogens is 258 g/mol. The fourth-order valence-corrected chi connectivity index (χ4v) is 2.49. The lowest BCUT2D eigenvalue weighted by atomic mass is 9.95. The summed E-state index contributed by atoms with van der Waals surface area (Å²) in [7, 11) is 0. The molecule has 1 aliphatic rings. The van der Waals surface area contributed by atoms with Crippen molar-refractivity contribution in [3.05, 3.63) is 35.1 Å². The molecule has 1 N–H and O–H groups in total. The second-order valence-electron chi connectivity index (χ2n) is 5.06. The normalized spacial score (nSPS) is 17.7. The van der Waals surface area contributed by atoms with E-state index in [4.69, 9.17) is 0 Å². The van der Waals surface area contributed by atoms with Crippen LogP contribution in [0.5, 0.6) is 0 Å². The lowest BCUT2D eigenvalue weighted by molar-refractivity contribution is -0.137. The average Bonchev–Trinajstić information content (AvgIpc) is 2.36. The molecule has 0 radical (unpaired) electrons. The van der Waals surface area contributed by atoms with Crippen LogP contribution in [-0.4, -0.2) is 6.04 Å². The number of nitrogens with one attached hydrogen (secondary N) is 1. The van der Waals surface area contributed by atoms with Gasteiger partial charge < -0.3 is 5.32 Å². The van der Waals surface area contributed by atoms with Gasteiger partial charge in [-0.25, -0.2) is 4.39 Å². The van der Waals surface area contributed by atoms with E-state index in [1.165, 1.54) is 6.42 Å². The van der Waals surface area contributed by atoms with Gasteiger partial charge in [-0.05, 0) is 36.6 Å². The number of halogens is 4. The summed E-state index contributed by atoms with van der Waals surface area (Å²) in [6.45, 7) is 0.283. The smallest absolute Gasteiger partial charge is 0.310 e. The fraction of sp³-hybridized carbons (Fsp3) is 0.571. The third-order valence-electron chi connectivity index (χ3n) is 3.48. The van der Waals surface area contributed by atoms with Gasteiger partial charge in [0.25, 0.3) is 0 Å². The molecule has 0 atom stereocenters. The van der Waals surface area contributed by atoms with E-state index >= 15 is 0 Å². The van der Waals surface area contributed by atoms with Crippen molar-refractivity contribution >= 4 is 0 Å². The van der Waals surface area contributed by atoms with Crippen LogP contribution in [-0.2, 0) is 12.7 Å². The summed E-state index contributed by atoms with van der Waals surface area (Å²) in [6.07, 6.45) is 1.10. The quantitative estimate of drug-likeness (QED) is 0.812. The third kappa shape index (κ3) is 4.20. The van der Waals surface area contributed by atoms with Crippen molar-refractivity contribution in [2.75, 3.05) is 0 Å². The van der Waals surface area contributed by atoms with E-state index in [-0.39, 0.29) is 6.54 Å². The SMILES string of the molecule is Fc1cc(CNC2CCCCC2)cc(C(F)(F)F)c1. The minimum Gasteiger partial charge on any atom is -0.310 e. The molecule has 0 heterocycles. The second kappa shape index (κ2) is 5.90. The first-order chi connectivity index (χ1) is 8.95. The van der Waals surface area contributed by atoms with Crippen LogP contribution in [0.2, 0.25) is 0 Å². The maximum atomic E-state index is 13.2. The summed E-state index contributed by atoms with van der Waals surface area (Å²) >= 11 is 0. The molecule has 0 spiro atoms. The second-order valence-corrected chi connectivity index (χ2v) is 5.06. The van der Waals surface area contributed by atoms with Crippen molar-refractivity contribution in [3.8, 4) is 0 Å². The molecule has 1 aromatic carbocycles. The Labute approximate surface area is 110 Å². The Morgan fingerprint density at radius 2 is 1.74 bits per heavy atom. The van der Waals surface area contributed by atoms with Crippen LogP contribution in [0.25, 0.3) is 0 Å². The molecule has 0 bridgehead atoms. The highest BCUT2D eigenvalue weighted by Gasteiger charge is 2.31. The number of hydrogen-bond acceptors (Lipinski definition) is 1. The minimum atomic E-state index is -4.50. The maximum absolute atomic E-state index is 13.2. The molecule has 0 amide bonds. The van der Waals surface area contributed by atoms with Crippen LogP contribution in [0, 0.1) is 5.82 Å². The summed E-state index contributed by atoms with van der Waals surface area (Å²) in [5.74, 6) is -0.838. The molecule has 0 unspecified atom stereocenters. The molecule has 0 aromatic heterocycles. The van der Waals surface area contributed by atoms with Crippen LogP contribution < -0.4 is 5.32 Å². The van der Waals surface area contributed by atoms with Crippen LogP contribution in [0.1, 0.15) is 43.2 Å². The van der Waals surface area contributed by atoms with Gasteiger partial charge in [0.05, 0.1) is 5.56 Å². The summed E-state index contributed by atoms with van der Waals surface area (Å²) in [5.41, 5.74) is -0.578. The van der Waals surface area contributed by atoms with Crippen LogP contribution in [0.15, 0.2) is 18.2 Å². The van der Waals surface area contributed by atoms with Crippen molar-refractivity contribution in [2.45, 2.75) is 50.9 Å². The first-order valence-corrected chi connectivity index (χ1v) is 6.55. The van der Waals surface area contributed by atoms with E-state index in [2.05, 4.69) is 5.32 Å². The Morgan fingerprint density at radius 3 is 2.37 bits per heavy atom. The summed E-state index contributed by atoms with van der Waals surface area (Å²) in [6, 6.07) is 3.04. The van der Waals surface area contributed by atoms with E-state index in [0.717, 1.165) is 37.8 Å². The lowest BCUT2D eigenvalue weighted by Crippen LogP contribution is -2.30. The van der Waals surface area contributed by atoms with Gasteiger partial charge in [0.2, 0.25) is 0 Å². The molecule has 1 aliphatic carbocycles. The van der Waals surface area contributed by atoms with Gasteiger partial charge in [0.1, 0.15) is 5.82 Å². The number of alkyl halides is 3. The Kier molecular flexibility index (Phi) is 4.45. The van der Waals surface area contributed by atoms with Gasteiger partial charge in [0.15, 0.2) is 0 Å². The zero-order chi connectivity index (χ0) is 13.9. The Hall–Kier alpha value is -1.10. The van der Waals surface area contributed by atoms with Gasteiger partial charge in [-0.2, -0.15) is 13.2 Å². The summed E-state index contributed by atoms with van der Waals surface area (Å²) in [4.78, 5) is 0. The predicted molar refractivity (Wildman–Crippen MR) is 65.1 cm³/mol. The zero-order valence-electron chi connectivity index (χ0n) is 10.6.